The molecular weight excluding hydrogens is 212 g/mol. The number of piperazine rings is 1. The van der Waals surface area contributed by atoms with Crippen molar-refractivity contribution in [2.75, 3.05) is 31.6 Å². The van der Waals surface area contributed by atoms with Crippen LogP contribution in [0.3, 0.4) is 0 Å². The number of hydrogen-bond donors (Lipinski definition) is 1. The van der Waals surface area contributed by atoms with E-state index in [1.807, 2.05) is 12.1 Å². The van der Waals surface area contributed by atoms with Gasteiger partial charge in [-0.15, -0.1) is 0 Å². The van der Waals surface area contributed by atoms with Gasteiger partial charge in [-0.3, -0.25) is 0 Å². The van der Waals surface area contributed by atoms with Gasteiger partial charge >= 0.3 is 0 Å². The summed E-state index contributed by atoms with van der Waals surface area (Å²) >= 11 is 0. The van der Waals surface area contributed by atoms with Gasteiger partial charge in [0.05, 0.1) is 12.8 Å². The second-order valence-corrected chi connectivity index (χ2v) is 5.02. The molecule has 1 aliphatic heterocycles. The summed E-state index contributed by atoms with van der Waals surface area (Å²) in [6, 6.07) is 9.00. The summed E-state index contributed by atoms with van der Waals surface area (Å²) in [5.41, 5.74) is 1.24. The minimum atomic E-state index is 0.675. The van der Waals surface area contributed by atoms with Crippen molar-refractivity contribution in [1.29, 1.82) is 0 Å². The Bertz CT molecular complexity index is 390. The highest BCUT2D eigenvalue weighted by atomic mass is 16.5. The van der Waals surface area contributed by atoms with E-state index < -0.39 is 0 Å². The van der Waals surface area contributed by atoms with Crippen LogP contribution in [0.15, 0.2) is 24.3 Å². The summed E-state index contributed by atoms with van der Waals surface area (Å²) in [5.74, 6) is 1.90. The molecule has 1 aromatic rings. The predicted octanol–water partition coefficient (Wildman–Crippen LogP) is 1.88. The fourth-order valence-electron chi connectivity index (χ4n) is 2.70. The van der Waals surface area contributed by atoms with Gasteiger partial charge in [0.2, 0.25) is 0 Å². The van der Waals surface area contributed by atoms with Crippen LogP contribution in [-0.2, 0) is 0 Å². The maximum Gasteiger partial charge on any atom is 0.142 e. The molecule has 3 nitrogen and oxygen atoms in total. The van der Waals surface area contributed by atoms with E-state index in [1.165, 1.54) is 18.5 Å². The van der Waals surface area contributed by atoms with Crippen LogP contribution < -0.4 is 15.0 Å². The lowest BCUT2D eigenvalue weighted by Gasteiger charge is -2.36. The molecule has 1 atom stereocenters. The van der Waals surface area contributed by atoms with Crippen molar-refractivity contribution in [3.05, 3.63) is 24.3 Å². The van der Waals surface area contributed by atoms with Gasteiger partial charge in [0.1, 0.15) is 5.75 Å². The molecule has 1 aromatic carbocycles. The molecule has 1 N–H and O–H groups in total. The summed E-state index contributed by atoms with van der Waals surface area (Å²) in [7, 11) is 1.75. The molecule has 1 unspecified atom stereocenters. The van der Waals surface area contributed by atoms with E-state index in [4.69, 9.17) is 4.74 Å². The van der Waals surface area contributed by atoms with Crippen molar-refractivity contribution in [3.8, 4) is 5.75 Å². The quantitative estimate of drug-likeness (QED) is 0.861. The highest BCUT2D eigenvalue weighted by Gasteiger charge is 2.34. The predicted molar refractivity (Wildman–Crippen MR) is 69.7 cm³/mol. The van der Waals surface area contributed by atoms with Gasteiger partial charge in [0, 0.05) is 25.7 Å². The van der Waals surface area contributed by atoms with Crippen LogP contribution in [0.5, 0.6) is 5.75 Å². The molecule has 1 aliphatic carbocycles. The van der Waals surface area contributed by atoms with E-state index in [9.17, 15) is 0 Å². The lowest BCUT2D eigenvalue weighted by molar-refractivity contribution is 0.398. The first-order valence-corrected chi connectivity index (χ1v) is 6.50. The number of ether oxygens (including phenoxy) is 1. The van der Waals surface area contributed by atoms with Crippen molar-refractivity contribution in [1.82, 2.24) is 5.32 Å². The minimum absolute atomic E-state index is 0.675. The van der Waals surface area contributed by atoms with Crippen LogP contribution in [-0.4, -0.2) is 32.8 Å². The highest BCUT2D eigenvalue weighted by molar-refractivity contribution is 5.58. The molecule has 1 saturated heterocycles. The first-order chi connectivity index (χ1) is 8.38. The molecule has 0 aromatic heterocycles. The number of nitrogens with zero attached hydrogens (tertiary/aromatic N) is 1. The van der Waals surface area contributed by atoms with Gasteiger partial charge in [-0.25, -0.2) is 0 Å². The molecule has 17 heavy (non-hydrogen) atoms. The van der Waals surface area contributed by atoms with Gasteiger partial charge in [-0.2, -0.15) is 0 Å². The number of nitrogens with one attached hydrogen (secondary N) is 1. The van der Waals surface area contributed by atoms with Crippen molar-refractivity contribution in [2.45, 2.75) is 18.9 Å². The van der Waals surface area contributed by atoms with E-state index in [0.717, 1.165) is 31.3 Å². The largest absolute Gasteiger partial charge is 0.495 e. The molecule has 1 heterocycles. The Hall–Kier alpha value is -1.22. The third kappa shape index (κ3) is 2.25. The number of benzene rings is 1. The smallest absolute Gasteiger partial charge is 0.142 e. The van der Waals surface area contributed by atoms with Crippen LogP contribution in [0, 0.1) is 5.92 Å². The Labute approximate surface area is 103 Å². The molecular formula is C14H20N2O. The normalized spacial score (nSPS) is 24.8. The molecule has 92 valence electrons. The van der Waals surface area contributed by atoms with Crippen molar-refractivity contribution >= 4 is 5.69 Å². The first-order valence-electron chi connectivity index (χ1n) is 6.50. The number of hydrogen-bond acceptors (Lipinski definition) is 3. The van der Waals surface area contributed by atoms with E-state index in [1.54, 1.807) is 7.11 Å². The van der Waals surface area contributed by atoms with E-state index in [2.05, 4.69) is 22.3 Å². The molecule has 1 saturated carbocycles. The zero-order chi connectivity index (χ0) is 11.7. The zero-order valence-electron chi connectivity index (χ0n) is 10.4. The second kappa shape index (κ2) is 4.57. The fourth-order valence-corrected chi connectivity index (χ4v) is 2.70. The van der Waals surface area contributed by atoms with Crippen LogP contribution >= 0.6 is 0 Å². The maximum atomic E-state index is 5.45. The second-order valence-electron chi connectivity index (χ2n) is 5.02. The Morgan fingerprint density at radius 3 is 2.88 bits per heavy atom. The first kappa shape index (κ1) is 10.9. The summed E-state index contributed by atoms with van der Waals surface area (Å²) in [6.45, 7) is 3.27. The summed E-state index contributed by atoms with van der Waals surface area (Å²) in [6.07, 6.45) is 2.80. The van der Waals surface area contributed by atoms with Gasteiger partial charge in [0.15, 0.2) is 0 Å². The van der Waals surface area contributed by atoms with Crippen molar-refractivity contribution < 1.29 is 4.74 Å². The molecule has 3 heteroatoms. The number of anilines is 1. The summed E-state index contributed by atoms with van der Waals surface area (Å²) in [5, 5.41) is 3.64. The summed E-state index contributed by atoms with van der Waals surface area (Å²) in [4.78, 5) is 2.46. The zero-order valence-corrected chi connectivity index (χ0v) is 10.4. The average Bonchev–Trinajstić information content (AvgIpc) is 3.23. The standard InChI is InChI=1S/C14H20N2O/c1-17-14-5-3-2-4-13(14)16-9-8-15-12(10-16)11-6-7-11/h2-5,11-12,15H,6-10H2,1H3. The van der Waals surface area contributed by atoms with Gasteiger partial charge < -0.3 is 15.0 Å². The molecule has 2 fully saturated rings. The Morgan fingerprint density at radius 2 is 2.12 bits per heavy atom. The van der Waals surface area contributed by atoms with Gasteiger partial charge in [-0.1, -0.05) is 12.1 Å². The Morgan fingerprint density at radius 1 is 1.29 bits per heavy atom. The number of rotatable bonds is 3. The minimum Gasteiger partial charge on any atom is -0.495 e. The van der Waals surface area contributed by atoms with Gasteiger partial charge in [0.25, 0.3) is 0 Å². The van der Waals surface area contributed by atoms with Crippen molar-refractivity contribution in [3.63, 3.8) is 0 Å². The fraction of sp³-hybridized carbons (Fsp3) is 0.571. The van der Waals surface area contributed by atoms with E-state index >= 15 is 0 Å². The Kier molecular flexibility index (Phi) is 2.93. The third-order valence-electron chi connectivity index (χ3n) is 3.82. The molecule has 0 radical (unpaired) electrons. The number of methoxy groups -OCH3 is 1. The van der Waals surface area contributed by atoms with E-state index in [0.29, 0.717) is 6.04 Å². The van der Waals surface area contributed by atoms with Crippen LogP contribution in [0.2, 0.25) is 0 Å². The lowest BCUT2D eigenvalue weighted by atomic mass is 10.1. The molecule has 0 spiro atoms. The highest BCUT2D eigenvalue weighted by Crippen LogP contribution is 2.35. The maximum absolute atomic E-state index is 5.45. The monoisotopic (exact) mass is 232 g/mol. The topological polar surface area (TPSA) is 24.5 Å². The molecule has 3 rings (SSSR count). The summed E-state index contributed by atoms with van der Waals surface area (Å²) < 4.78 is 5.45. The molecule has 0 amide bonds. The van der Waals surface area contributed by atoms with Gasteiger partial charge in [-0.05, 0) is 30.9 Å². The van der Waals surface area contributed by atoms with E-state index in [-0.39, 0.29) is 0 Å². The Balaban J connectivity index is 1.77. The van der Waals surface area contributed by atoms with Crippen LogP contribution in [0.25, 0.3) is 0 Å². The van der Waals surface area contributed by atoms with Crippen LogP contribution in [0.4, 0.5) is 5.69 Å². The van der Waals surface area contributed by atoms with Crippen LogP contribution in [0.1, 0.15) is 12.8 Å². The SMILES string of the molecule is COc1ccccc1N1CCNC(C2CC2)C1. The average molecular weight is 232 g/mol. The molecule has 2 aliphatic rings. The van der Waals surface area contributed by atoms with Crippen molar-refractivity contribution in [2.24, 2.45) is 5.92 Å². The third-order valence-corrected chi connectivity index (χ3v) is 3.82. The lowest BCUT2D eigenvalue weighted by Crippen LogP contribution is -2.51. The number of para-hydroxylation sites is 2. The molecule has 0 bridgehead atoms.